The fourth-order valence-corrected chi connectivity index (χ4v) is 3.77. The zero-order valence-electron chi connectivity index (χ0n) is 16.1. The zero-order chi connectivity index (χ0) is 18.3. The lowest BCUT2D eigenvalue weighted by Gasteiger charge is -2.15. The van der Waals surface area contributed by atoms with Gasteiger partial charge in [-0.2, -0.15) is 0 Å². The molecule has 0 amide bonds. The summed E-state index contributed by atoms with van der Waals surface area (Å²) in [5, 5.41) is 5.38. The summed E-state index contributed by atoms with van der Waals surface area (Å²) in [5.74, 6) is 1.07. The first-order valence-corrected chi connectivity index (χ1v) is 9.60. The van der Waals surface area contributed by atoms with Crippen LogP contribution in [0.25, 0.3) is 32.7 Å². The van der Waals surface area contributed by atoms with E-state index in [0.29, 0.717) is 11.8 Å². The van der Waals surface area contributed by atoms with Crippen molar-refractivity contribution in [3.05, 3.63) is 83.9 Å². The third-order valence-electron chi connectivity index (χ3n) is 5.42. The minimum Gasteiger partial charge on any atom is -0.0622 e. The maximum absolute atomic E-state index is 2.39. The Bertz CT molecular complexity index is 1070. The van der Waals surface area contributed by atoms with Gasteiger partial charge >= 0.3 is 0 Å². The van der Waals surface area contributed by atoms with Crippen molar-refractivity contribution in [2.75, 3.05) is 0 Å². The van der Waals surface area contributed by atoms with E-state index in [2.05, 4.69) is 100 Å². The SMILES string of the molecule is CC(C)c1ccc2c(c1)cc(-c1ccccc1)c1cc(C(C)C)ccc12. The Labute approximate surface area is 156 Å². The van der Waals surface area contributed by atoms with Crippen LogP contribution in [-0.2, 0) is 0 Å². The van der Waals surface area contributed by atoms with Crippen molar-refractivity contribution >= 4 is 21.5 Å². The smallest absolute Gasteiger partial charge is 0.00961 e. The molecule has 26 heavy (non-hydrogen) atoms. The van der Waals surface area contributed by atoms with Crippen LogP contribution < -0.4 is 0 Å². The van der Waals surface area contributed by atoms with Gasteiger partial charge in [-0.15, -0.1) is 0 Å². The van der Waals surface area contributed by atoms with Gasteiger partial charge in [0, 0.05) is 0 Å². The largest absolute Gasteiger partial charge is 0.0622 e. The van der Waals surface area contributed by atoms with Gasteiger partial charge in [-0.25, -0.2) is 0 Å². The maximum Gasteiger partial charge on any atom is -0.00961 e. The monoisotopic (exact) mass is 338 g/mol. The average molecular weight is 338 g/mol. The third-order valence-corrected chi connectivity index (χ3v) is 5.42. The lowest BCUT2D eigenvalue weighted by atomic mass is 9.89. The van der Waals surface area contributed by atoms with E-state index in [9.17, 15) is 0 Å². The summed E-state index contributed by atoms with van der Waals surface area (Å²) in [4.78, 5) is 0. The van der Waals surface area contributed by atoms with Gasteiger partial charge in [0.05, 0.1) is 0 Å². The van der Waals surface area contributed by atoms with Gasteiger partial charge < -0.3 is 0 Å². The van der Waals surface area contributed by atoms with Crippen molar-refractivity contribution < 1.29 is 0 Å². The highest BCUT2D eigenvalue weighted by Crippen LogP contribution is 2.37. The van der Waals surface area contributed by atoms with Gasteiger partial charge in [0.2, 0.25) is 0 Å². The standard InChI is InChI=1S/C26H26/c1-17(2)20-10-12-23-22(14-20)16-25(19-8-6-5-7-9-19)26-15-21(18(3)4)11-13-24(23)26/h5-18H,1-4H3. The van der Waals surface area contributed by atoms with Crippen LogP contribution in [0.15, 0.2) is 72.8 Å². The van der Waals surface area contributed by atoms with Crippen molar-refractivity contribution in [3.63, 3.8) is 0 Å². The Kier molecular flexibility index (Phi) is 4.28. The summed E-state index contributed by atoms with van der Waals surface area (Å²) >= 11 is 0. The predicted octanol–water partition coefficient (Wildman–Crippen LogP) is 7.91. The minimum atomic E-state index is 0.530. The normalized spacial score (nSPS) is 11.8. The van der Waals surface area contributed by atoms with Crippen LogP contribution in [0.5, 0.6) is 0 Å². The molecule has 130 valence electrons. The zero-order valence-corrected chi connectivity index (χ0v) is 16.1. The summed E-state index contributed by atoms with van der Waals surface area (Å²) in [6.45, 7) is 9.04. The number of hydrogen-bond acceptors (Lipinski definition) is 0. The molecule has 0 bridgehead atoms. The Morgan fingerprint density at radius 3 is 1.81 bits per heavy atom. The van der Waals surface area contributed by atoms with Crippen molar-refractivity contribution in [2.24, 2.45) is 0 Å². The van der Waals surface area contributed by atoms with Gasteiger partial charge in [-0.3, -0.25) is 0 Å². The molecule has 0 aliphatic rings. The van der Waals surface area contributed by atoms with Gasteiger partial charge in [-0.05, 0) is 61.7 Å². The van der Waals surface area contributed by atoms with E-state index >= 15 is 0 Å². The van der Waals surface area contributed by atoms with E-state index in [1.165, 1.54) is 43.8 Å². The predicted molar refractivity (Wildman–Crippen MR) is 115 cm³/mol. The van der Waals surface area contributed by atoms with E-state index in [0.717, 1.165) is 0 Å². The topological polar surface area (TPSA) is 0 Å². The second-order valence-electron chi connectivity index (χ2n) is 7.89. The van der Waals surface area contributed by atoms with Crippen LogP contribution in [-0.4, -0.2) is 0 Å². The molecule has 0 nitrogen and oxygen atoms in total. The highest BCUT2D eigenvalue weighted by atomic mass is 14.2. The van der Waals surface area contributed by atoms with Crippen LogP contribution in [0.1, 0.15) is 50.7 Å². The molecule has 0 saturated heterocycles. The van der Waals surface area contributed by atoms with Crippen molar-refractivity contribution in [1.82, 2.24) is 0 Å². The van der Waals surface area contributed by atoms with Gasteiger partial charge in [0.1, 0.15) is 0 Å². The van der Waals surface area contributed by atoms with Crippen molar-refractivity contribution in [3.8, 4) is 11.1 Å². The molecule has 0 spiro atoms. The van der Waals surface area contributed by atoms with E-state index in [4.69, 9.17) is 0 Å². The highest BCUT2D eigenvalue weighted by Gasteiger charge is 2.11. The molecule has 4 aromatic carbocycles. The second-order valence-corrected chi connectivity index (χ2v) is 7.89. The van der Waals surface area contributed by atoms with Gasteiger partial charge in [0.25, 0.3) is 0 Å². The highest BCUT2D eigenvalue weighted by molar-refractivity contribution is 6.14. The molecule has 4 aromatic rings. The number of benzene rings is 4. The molecule has 0 unspecified atom stereocenters. The summed E-state index contributed by atoms with van der Waals surface area (Å²) in [6.07, 6.45) is 0. The molecule has 0 atom stereocenters. The van der Waals surface area contributed by atoms with Crippen LogP contribution in [0.3, 0.4) is 0 Å². The van der Waals surface area contributed by atoms with Crippen LogP contribution in [0.2, 0.25) is 0 Å². The van der Waals surface area contributed by atoms with E-state index in [1.807, 2.05) is 0 Å². The molecule has 0 heteroatoms. The summed E-state index contributed by atoms with van der Waals surface area (Å²) < 4.78 is 0. The quantitative estimate of drug-likeness (QED) is 0.333. The molecular formula is C26H26. The molecule has 0 saturated carbocycles. The van der Waals surface area contributed by atoms with E-state index < -0.39 is 0 Å². The molecule has 0 heterocycles. The Morgan fingerprint density at radius 2 is 1.15 bits per heavy atom. The Hall–Kier alpha value is -2.60. The molecular weight excluding hydrogens is 312 g/mol. The molecule has 0 fully saturated rings. The lowest BCUT2D eigenvalue weighted by molar-refractivity contribution is 0.868. The Morgan fingerprint density at radius 1 is 0.538 bits per heavy atom. The first kappa shape index (κ1) is 16.8. The molecule has 4 rings (SSSR count). The number of hydrogen-bond donors (Lipinski definition) is 0. The van der Waals surface area contributed by atoms with E-state index in [1.54, 1.807) is 0 Å². The molecule has 0 aliphatic carbocycles. The second kappa shape index (κ2) is 6.61. The van der Waals surface area contributed by atoms with Crippen LogP contribution in [0, 0.1) is 0 Å². The minimum absolute atomic E-state index is 0.530. The molecule has 0 aromatic heterocycles. The van der Waals surface area contributed by atoms with Crippen LogP contribution >= 0.6 is 0 Å². The lowest BCUT2D eigenvalue weighted by Crippen LogP contribution is -1.92. The van der Waals surface area contributed by atoms with Crippen molar-refractivity contribution in [1.29, 1.82) is 0 Å². The fraction of sp³-hybridized carbons (Fsp3) is 0.231. The van der Waals surface area contributed by atoms with E-state index in [-0.39, 0.29) is 0 Å². The molecule has 0 N–H and O–H groups in total. The summed E-state index contributed by atoms with van der Waals surface area (Å²) in [5.41, 5.74) is 5.41. The fourth-order valence-electron chi connectivity index (χ4n) is 3.77. The third kappa shape index (κ3) is 2.90. The molecule has 0 radical (unpaired) electrons. The number of fused-ring (bicyclic) bond motifs is 3. The average Bonchev–Trinajstić information content (AvgIpc) is 2.67. The van der Waals surface area contributed by atoms with Gasteiger partial charge in [0.15, 0.2) is 0 Å². The first-order valence-electron chi connectivity index (χ1n) is 9.60. The van der Waals surface area contributed by atoms with Gasteiger partial charge in [-0.1, -0.05) is 94.4 Å². The summed E-state index contributed by atoms with van der Waals surface area (Å²) in [6, 6.07) is 27.1. The number of rotatable bonds is 3. The first-order chi connectivity index (χ1) is 12.5. The Balaban J connectivity index is 2.10. The summed E-state index contributed by atoms with van der Waals surface area (Å²) in [7, 11) is 0. The molecule has 0 aliphatic heterocycles. The maximum atomic E-state index is 2.39. The van der Waals surface area contributed by atoms with Crippen molar-refractivity contribution in [2.45, 2.75) is 39.5 Å². The van der Waals surface area contributed by atoms with Crippen LogP contribution in [0.4, 0.5) is 0 Å².